The number of piperidine rings is 1. The van der Waals surface area contributed by atoms with Crippen molar-refractivity contribution >= 4 is 23.3 Å². The molecule has 0 radical (unpaired) electrons. The summed E-state index contributed by atoms with van der Waals surface area (Å²) in [4.78, 5) is 10.8. The van der Waals surface area contributed by atoms with Gasteiger partial charge in [-0.25, -0.2) is 0 Å². The number of halogens is 1. The molecular formula is C7H10ClN3O. The van der Waals surface area contributed by atoms with Crippen LogP contribution >= 0.6 is 11.6 Å². The molecule has 0 spiro atoms. The summed E-state index contributed by atoms with van der Waals surface area (Å²) in [7, 11) is 1.68. The van der Waals surface area contributed by atoms with Crippen molar-refractivity contribution in [2.45, 2.75) is 12.8 Å². The minimum Gasteiger partial charge on any atom is -0.379 e. The molecule has 3 N–H and O–H groups in total. The third-order valence-electron chi connectivity index (χ3n) is 1.65. The van der Waals surface area contributed by atoms with E-state index in [4.69, 9.17) is 17.0 Å². The number of hydrogen-bond donors (Lipinski definition) is 3. The van der Waals surface area contributed by atoms with Gasteiger partial charge >= 0.3 is 0 Å². The first-order valence-electron chi connectivity index (χ1n) is 3.60. The summed E-state index contributed by atoms with van der Waals surface area (Å²) in [6, 6.07) is 0. The fraction of sp³-hybridized carbons (Fsp3) is 0.429. The van der Waals surface area contributed by atoms with Crippen LogP contribution in [0.15, 0.2) is 10.7 Å². The first-order chi connectivity index (χ1) is 5.65. The Labute approximate surface area is 75.5 Å². The molecule has 0 bridgehead atoms. The van der Waals surface area contributed by atoms with Gasteiger partial charge in [0.2, 0.25) is 5.91 Å². The van der Waals surface area contributed by atoms with Crippen molar-refractivity contribution in [3.05, 3.63) is 10.7 Å². The highest BCUT2D eigenvalue weighted by Gasteiger charge is 2.19. The fourth-order valence-electron chi connectivity index (χ4n) is 1.01. The van der Waals surface area contributed by atoms with E-state index in [1.165, 1.54) is 0 Å². The van der Waals surface area contributed by atoms with Gasteiger partial charge in [0.25, 0.3) is 0 Å². The summed E-state index contributed by atoms with van der Waals surface area (Å²) in [6.45, 7) is 0. The number of carbonyl (C=O) groups excluding carboxylic acids is 1. The predicted octanol–water partition coefficient (Wildman–Crippen LogP) is 0.543. The lowest BCUT2D eigenvalue weighted by Gasteiger charge is -2.17. The van der Waals surface area contributed by atoms with Gasteiger partial charge in [-0.3, -0.25) is 10.2 Å². The van der Waals surface area contributed by atoms with E-state index in [9.17, 15) is 4.79 Å². The van der Waals surface area contributed by atoms with Crippen molar-refractivity contribution < 1.29 is 4.79 Å². The Hall–Kier alpha value is -1.03. The third-order valence-corrected chi connectivity index (χ3v) is 2.07. The van der Waals surface area contributed by atoms with Gasteiger partial charge in [-0.05, 0) is 6.42 Å². The van der Waals surface area contributed by atoms with Gasteiger partial charge in [-0.2, -0.15) is 0 Å². The Bertz CT molecular complexity index is 259. The molecule has 1 aliphatic rings. The summed E-state index contributed by atoms with van der Waals surface area (Å²) in [5, 5.41) is 13.0. The van der Waals surface area contributed by atoms with Gasteiger partial charge in [0, 0.05) is 19.0 Å². The van der Waals surface area contributed by atoms with Crippen LogP contribution in [0.3, 0.4) is 0 Å². The van der Waals surface area contributed by atoms with Crippen LogP contribution in [0.25, 0.3) is 0 Å². The second-order valence-electron chi connectivity index (χ2n) is 2.47. The molecule has 1 rings (SSSR count). The molecule has 66 valence electrons. The summed E-state index contributed by atoms with van der Waals surface area (Å²) < 4.78 is 0. The standard InChI is InChI=1S/C7H10ClN3O/c1-10-6(8)4-2-3-5(12)11-7(4)9/h10H,2-3H2,1H3,(H2,9,11,12)/b6-4-. The number of nitrogens with one attached hydrogen (secondary N) is 3. The zero-order chi connectivity index (χ0) is 9.14. The molecule has 12 heavy (non-hydrogen) atoms. The Morgan fingerprint density at radius 3 is 2.83 bits per heavy atom. The van der Waals surface area contributed by atoms with Crippen LogP contribution in [0, 0.1) is 5.41 Å². The summed E-state index contributed by atoms with van der Waals surface area (Å²) in [5.74, 6) is -0.0186. The molecule has 0 aromatic carbocycles. The molecule has 1 aliphatic heterocycles. The quantitative estimate of drug-likeness (QED) is 0.525. The average Bonchev–Trinajstić information content (AvgIpc) is 2.03. The van der Waals surface area contributed by atoms with Crippen LogP contribution in [0.5, 0.6) is 0 Å². The minimum absolute atomic E-state index is 0.102. The summed E-state index contributed by atoms with van der Waals surface area (Å²) >= 11 is 5.76. The highest BCUT2D eigenvalue weighted by molar-refractivity contribution is 6.32. The zero-order valence-corrected chi connectivity index (χ0v) is 7.46. The Morgan fingerprint density at radius 2 is 2.33 bits per heavy atom. The molecular weight excluding hydrogens is 178 g/mol. The van der Waals surface area contributed by atoms with Crippen LogP contribution in [0.1, 0.15) is 12.8 Å². The van der Waals surface area contributed by atoms with Crippen LogP contribution in [0.2, 0.25) is 0 Å². The number of hydrogen-bond acceptors (Lipinski definition) is 3. The molecule has 0 aromatic heterocycles. The summed E-state index contributed by atoms with van der Waals surface area (Å²) in [6.07, 6.45) is 0.931. The van der Waals surface area contributed by atoms with Crippen molar-refractivity contribution in [2.24, 2.45) is 0 Å². The normalized spacial score (nSPS) is 21.8. The lowest BCUT2D eigenvalue weighted by atomic mass is 10.1. The maximum atomic E-state index is 10.8. The average molecular weight is 188 g/mol. The largest absolute Gasteiger partial charge is 0.379 e. The Morgan fingerprint density at radius 1 is 1.67 bits per heavy atom. The number of amides is 1. The maximum Gasteiger partial charge on any atom is 0.225 e. The molecule has 1 amide bonds. The van der Waals surface area contributed by atoms with Crippen LogP contribution < -0.4 is 10.6 Å². The molecule has 1 heterocycles. The fourth-order valence-corrected chi connectivity index (χ4v) is 1.20. The van der Waals surface area contributed by atoms with E-state index in [1.54, 1.807) is 7.05 Å². The van der Waals surface area contributed by atoms with Crippen LogP contribution in [-0.2, 0) is 4.79 Å². The van der Waals surface area contributed by atoms with Crippen molar-refractivity contribution in [3.8, 4) is 0 Å². The molecule has 4 nitrogen and oxygen atoms in total. The van der Waals surface area contributed by atoms with E-state index < -0.39 is 0 Å². The molecule has 0 unspecified atom stereocenters. The number of rotatable bonds is 1. The molecule has 0 aliphatic carbocycles. The van der Waals surface area contributed by atoms with Gasteiger partial charge in [-0.1, -0.05) is 11.6 Å². The first-order valence-corrected chi connectivity index (χ1v) is 3.98. The van der Waals surface area contributed by atoms with Crippen molar-refractivity contribution in [2.75, 3.05) is 7.05 Å². The Balaban J connectivity index is 2.81. The van der Waals surface area contributed by atoms with Crippen molar-refractivity contribution in [1.29, 1.82) is 5.41 Å². The SMILES string of the molecule is CN/C(Cl)=C1/CCC(=O)NC1=N. The van der Waals surface area contributed by atoms with E-state index in [0.29, 0.717) is 23.6 Å². The molecule has 1 saturated heterocycles. The van der Waals surface area contributed by atoms with E-state index in [2.05, 4.69) is 10.6 Å². The van der Waals surface area contributed by atoms with Gasteiger partial charge in [0.05, 0.1) is 0 Å². The molecule has 0 atom stereocenters. The van der Waals surface area contributed by atoms with Crippen LogP contribution in [-0.4, -0.2) is 18.8 Å². The van der Waals surface area contributed by atoms with Gasteiger partial charge < -0.3 is 10.6 Å². The summed E-state index contributed by atoms with van der Waals surface area (Å²) in [5.41, 5.74) is 0.666. The van der Waals surface area contributed by atoms with Crippen LogP contribution in [0.4, 0.5) is 0 Å². The highest BCUT2D eigenvalue weighted by atomic mass is 35.5. The van der Waals surface area contributed by atoms with Gasteiger partial charge in [0.15, 0.2) is 0 Å². The monoisotopic (exact) mass is 187 g/mol. The molecule has 0 aromatic rings. The molecule has 5 heteroatoms. The van der Waals surface area contributed by atoms with Crippen molar-refractivity contribution in [1.82, 2.24) is 10.6 Å². The number of carbonyl (C=O) groups is 1. The lowest BCUT2D eigenvalue weighted by Crippen LogP contribution is -2.36. The second kappa shape index (κ2) is 3.58. The van der Waals surface area contributed by atoms with Gasteiger partial charge in [0.1, 0.15) is 11.0 Å². The second-order valence-corrected chi connectivity index (χ2v) is 2.84. The van der Waals surface area contributed by atoms with E-state index in [0.717, 1.165) is 0 Å². The Kier molecular flexibility index (Phi) is 2.70. The van der Waals surface area contributed by atoms with E-state index in [-0.39, 0.29) is 11.7 Å². The molecule has 1 fully saturated rings. The third kappa shape index (κ3) is 1.76. The topological polar surface area (TPSA) is 65.0 Å². The van der Waals surface area contributed by atoms with E-state index in [1.807, 2.05) is 0 Å². The maximum absolute atomic E-state index is 10.8. The zero-order valence-electron chi connectivity index (χ0n) is 6.70. The van der Waals surface area contributed by atoms with Gasteiger partial charge in [-0.15, -0.1) is 0 Å². The minimum atomic E-state index is -0.121. The predicted molar refractivity (Wildman–Crippen MR) is 47.0 cm³/mol. The lowest BCUT2D eigenvalue weighted by molar-refractivity contribution is -0.119. The number of amidine groups is 1. The first kappa shape index (κ1) is 9.06. The molecule has 0 saturated carbocycles. The van der Waals surface area contributed by atoms with Crippen molar-refractivity contribution in [3.63, 3.8) is 0 Å². The van der Waals surface area contributed by atoms with E-state index >= 15 is 0 Å². The smallest absolute Gasteiger partial charge is 0.225 e. The highest BCUT2D eigenvalue weighted by Crippen LogP contribution is 2.16.